The monoisotopic (exact) mass is 186 g/mol. The minimum Gasteiger partial charge on any atom is -0.327 e. The van der Waals surface area contributed by atoms with Gasteiger partial charge in [0, 0.05) is 18.3 Å². The molecule has 0 aliphatic rings. The Labute approximate surface area is 75.8 Å². The van der Waals surface area contributed by atoms with Crippen molar-refractivity contribution in [1.29, 1.82) is 0 Å². The molecule has 1 aromatic rings. The van der Waals surface area contributed by atoms with Gasteiger partial charge in [-0.3, -0.25) is 4.98 Å². The lowest BCUT2D eigenvalue weighted by Gasteiger charge is -2.22. The maximum Gasteiger partial charge on any atom is 0.150 e. The van der Waals surface area contributed by atoms with Crippen LogP contribution in [0.2, 0.25) is 0 Å². The smallest absolute Gasteiger partial charge is 0.150 e. The highest BCUT2D eigenvalue weighted by Gasteiger charge is 2.30. The molecule has 0 aliphatic carbocycles. The van der Waals surface area contributed by atoms with E-state index in [0.29, 0.717) is 0 Å². The lowest BCUT2D eigenvalue weighted by atomic mass is 9.94. The minimum absolute atomic E-state index is 0.00694. The topological polar surface area (TPSA) is 38.9 Å². The lowest BCUT2D eigenvalue weighted by Crippen LogP contribution is -2.30. The van der Waals surface area contributed by atoms with E-state index in [9.17, 15) is 8.78 Å². The van der Waals surface area contributed by atoms with Crippen molar-refractivity contribution < 1.29 is 8.78 Å². The van der Waals surface area contributed by atoms with Crippen LogP contribution in [-0.2, 0) is 5.67 Å². The van der Waals surface area contributed by atoms with Crippen LogP contribution in [0.25, 0.3) is 0 Å². The van der Waals surface area contributed by atoms with Crippen molar-refractivity contribution >= 4 is 0 Å². The van der Waals surface area contributed by atoms with Crippen molar-refractivity contribution in [1.82, 2.24) is 4.98 Å². The van der Waals surface area contributed by atoms with Crippen LogP contribution in [0.4, 0.5) is 8.78 Å². The Morgan fingerprint density at radius 3 is 2.77 bits per heavy atom. The van der Waals surface area contributed by atoms with Gasteiger partial charge in [-0.2, -0.15) is 0 Å². The first-order chi connectivity index (χ1) is 6.14. The minimum atomic E-state index is -1.77. The van der Waals surface area contributed by atoms with Gasteiger partial charge in [-0.25, -0.2) is 8.78 Å². The highest BCUT2D eigenvalue weighted by Crippen LogP contribution is 2.29. The SMILES string of the molecule is CCC(F)(CN)c1ccncc1F. The molecule has 1 atom stereocenters. The molecule has 1 unspecified atom stereocenters. The molecular formula is C9H12F2N2. The van der Waals surface area contributed by atoms with E-state index < -0.39 is 11.5 Å². The Morgan fingerprint density at radius 2 is 2.31 bits per heavy atom. The fourth-order valence-corrected chi connectivity index (χ4v) is 1.18. The summed E-state index contributed by atoms with van der Waals surface area (Å²) in [6, 6.07) is 1.33. The van der Waals surface area contributed by atoms with E-state index in [4.69, 9.17) is 5.73 Å². The van der Waals surface area contributed by atoms with Gasteiger partial charge in [-0.1, -0.05) is 6.92 Å². The van der Waals surface area contributed by atoms with Crippen LogP contribution in [0.15, 0.2) is 18.5 Å². The Bertz CT molecular complexity index is 285. The van der Waals surface area contributed by atoms with Gasteiger partial charge < -0.3 is 5.73 Å². The molecule has 2 N–H and O–H groups in total. The fourth-order valence-electron chi connectivity index (χ4n) is 1.18. The summed E-state index contributed by atoms with van der Waals surface area (Å²) in [6.45, 7) is 1.41. The first kappa shape index (κ1) is 10.1. The number of nitrogens with zero attached hydrogens (tertiary/aromatic N) is 1. The standard InChI is InChI=1S/C9H12F2N2/c1-2-9(11,6-12)7-3-4-13-5-8(7)10/h3-5H,2,6,12H2,1H3. The van der Waals surface area contributed by atoms with Crippen LogP contribution in [0.1, 0.15) is 18.9 Å². The Hall–Kier alpha value is -1.03. The molecule has 1 aromatic heterocycles. The van der Waals surface area contributed by atoms with Crippen LogP contribution >= 0.6 is 0 Å². The van der Waals surface area contributed by atoms with Crippen molar-refractivity contribution in [2.75, 3.05) is 6.54 Å². The average molecular weight is 186 g/mol. The largest absolute Gasteiger partial charge is 0.327 e. The third kappa shape index (κ3) is 1.83. The van der Waals surface area contributed by atoms with E-state index in [-0.39, 0.29) is 18.5 Å². The van der Waals surface area contributed by atoms with Gasteiger partial charge in [0.25, 0.3) is 0 Å². The molecule has 0 saturated heterocycles. The molecule has 2 nitrogen and oxygen atoms in total. The van der Waals surface area contributed by atoms with Crippen LogP contribution in [0, 0.1) is 5.82 Å². The molecule has 72 valence electrons. The van der Waals surface area contributed by atoms with Crippen LogP contribution in [-0.4, -0.2) is 11.5 Å². The summed E-state index contributed by atoms with van der Waals surface area (Å²) in [7, 11) is 0. The summed E-state index contributed by atoms with van der Waals surface area (Å²) < 4.78 is 27.0. The predicted molar refractivity (Wildman–Crippen MR) is 46.3 cm³/mol. The second kappa shape index (κ2) is 3.79. The molecule has 1 heterocycles. The van der Waals surface area contributed by atoms with Gasteiger partial charge in [-0.05, 0) is 12.5 Å². The average Bonchev–Trinajstić information content (AvgIpc) is 2.17. The molecular weight excluding hydrogens is 174 g/mol. The number of hydrogen-bond donors (Lipinski definition) is 1. The Balaban J connectivity index is 3.12. The Morgan fingerprint density at radius 1 is 1.62 bits per heavy atom. The van der Waals surface area contributed by atoms with E-state index in [2.05, 4.69) is 4.98 Å². The highest BCUT2D eigenvalue weighted by atomic mass is 19.1. The van der Waals surface area contributed by atoms with Crippen molar-refractivity contribution in [2.24, 2.45) is 5.73 Å². The molecule has 0 aliphatic heterocycles. The van der Waals surface area contributed by atoms with Gasteiger partial charge in [0.05, 0.1) is 6.20 Å². The summed E-state index contributed by atoms with van der Waals surface area (Å²) >= 11 is 0. The van der Waals surface area contributed by atoms with Gasteiger partial charge in [0.2, 0.25) is 0 Å². The second-order valence-corrected chi connectivity index (χ2v) is 2.88. The van der Waals surface area contributed by atoms with Crippen molar-refractivity contribution in [3.8, 4) is 0 Å². The number of pyridine rings is 1. The summed E-state index contributed by atoms with van der Waals surface area (Å²) in [6.07, 6.45) is 2.51. The summed E-state index contributed by atoms with van der Waals surface area (Å²) in [4.78, 5) is 3.54. The summed E-state index contributed by atoms with van der Waals surface area (Å²) in [5.41, 5.74) is 3.48. The molecule has 13 heavy (non-hydrogen) atoms. The zero-order chi connectivity index (χ0) is 9.90. The number of nitrogens with two attached hydrogens (primary N) is 1. The number of halogens is 2. The second-order valence-electron chi connectivity index (χ2n) is 2.88. The van der Waals surface area contributed by atoms with E-state index >= 15 is 0 Å². The zero-order valence-electron chi connectivity index (χ0n) is 7.43. The highest BCUT2D eigenvalue weighted by molar-refractivity contribution is 5.21. The Kier molecular flexibility index (Phi) is 2.93. The molecule has 0 bridgehead atoms. The first-order valence-corrected chi connectivity index (χ1v) is 4.13. The molecule has 0 saturated carbocycles. The van der Waals surface area contributed by atoms with Crippen LogP contribution in [0.3, 0.4) is 0 Å². The molecule has 0 spiro atoms. The zero-order valence-corrected chi connectivity index (χ0v) is 7.43. The quantitative estimate of drug-likeness (QED) is 0.781. The number of hydrogen-bond acceptors (Lipinski definition) is 2. The van der Waals surface area contributed by atoms with Crippen molar-refractivity contribution in [3.05, 3.63) is 29.8 Å². The van der Waals surface area contributed by atoms with Crippen LogP contribution in [0.5, 0.6) is 0 Å². The maximum atomic E-state index is 13.9. The van der Waals surface area contributed by atoms with Crippen molar-refractivity contribution in [2.45, 2.75) is 19.0 Å². The number of aromatic nitrogens is 1. The van der Waals surface area contributed by atoms with E-state index in [1.54, 1.807) is 6.92 Å². The molecule has 1 rings (SSSR count). The van der Waals surface area contributed by atoms with Gasteiger partial charge in [-0.15, -0.1) is 0 Å². The molecule has 0 fully saturated rings. The molecule has 0 radical (unpaired) electrons. The van der Waals surface area contributed by atoms with E-state index in [1.807, 2.05) is 0 Å². The first-order valence-electron chi connectivity index (χ1n) is 4.13. The fraction of sp³-hybridized carbons (Fsp3) is 0.444. The normalized spacial score (nSPS) is 15.4. The molecule has 0 amide bonds. The van der Waals surface area contributed by atoms with Gasteiger partial charge in [0.15, 0.2) is 5.67 Å². The third-order valence-corrected chi connectivity index (χ3v) is 2.14. The van der Waals surface area contributed by atoms with E-state index in [1.165, 1.54) is 12.3 Å². The van der Waals surface area contributed by atoms with E-state index in [0.717, 1.165) is 6.20 Å². The van der Waals surface area contributed by atoms with Crippen LogP contribution < -0.4 is 5.73 Å². The summed E-state index contributed by atoms with van der Waals surface area (Å²) in [5.74, 6) is -0.641. The molecule has 0 aromatic carbocycles. The van der Waals surface area contributed by atoms with Crippen molar-refractivity contribution in [3.63, 3.8) is 0 Å². The molecule has 4 heteroatoms. The lowest BCUT2D eigenvalue weighted by molar-refractivity contribution is 0.162. The van der Waals surface area contributed by atoms with Gasteiger partial charge in [0.1, 0.15) is 5.82 Å². The summed E-state index contributed by atoms with van der Waals surface area (Å²) in [5, 5.41) is 0. The van der Waals surface area contributed by atoms with Gasteiger partial charge >= 0.3 is 0 Å². The number of alkyl halides is 1. The number of rotatable bonds is 3. The third-order valence-electron chi connectivity index (χ3n) is 2.14. The maximum absolute atomic E-state index is 13.9. The predicted octanol–water partition coefficient (Wildman–Crippen LogP) is 1.75.